The van der Waals surface area contributed by atoms with E-state index < -0.39 is 4.92 Å². The predicted octanol–water partition coefficient (Wildman–Crippen LogP) is 3.00. The van der Waals surface area contributed by atoms with Crippen LogP contribution in [0, 0.1) is 10.1 Å². The van der Waals surface area contributed by atoms with Gasteiger partial charge >= 0.3 is 6.09 Å². The number of rotatable bonds is 4. The van der Waals surface area contributed by atoms with E-state index in [1.807, 2.05) is 11.4 Å². The molecule has 1 fully saturated rings. The predicted molar refractivity (Wildman–Crippen MR) is 95.0 cm³/mol. The minimum absolute atomic E-state index is 0.0510. The monoisotopic (exact) mass is 362 g/mol. The number of hydrogen-bond acceptors (Lipinski definition) is 7. The average Bonchev–Trinajstić information content (AvgIpc) is 3.12. The number of thiazole rings is 1. The molecule has 3 rings (SSSR count). The van der Waals surface area contributed by atoms with E-state index >= 15 is 0 Å². The van der Waals surface area contributed by atoms with Crippen LogP contribution in [-0.2, 0) is 4.74 Å². The van der Waals surface area contributed by atoms with Crippen LogP contribution in [0.2, 0.25) is 0 Å². The summed E-state index contributed by atoms with van der Waals surface area (Å²) in [5.41, 5.74) is 1.49. The second-order valence-electron chi connectivity index (χ2n) is 5.50. The summed E-state index contributed by atoms with van der Waals surface area (Å²) in [4.78, 5) is 30.6. The van der Waals surface area contributed by atoms with Gasteiger partial charge in [-0.2, -0.15) is 0 Å². The summed E-state index contributed by atoms with van der Waals surface area (Å²) >= 11 is 1.50. The minimum atomic E-state index is -0.411. The number of carbonyl (C=O) groups excluding carboxylic acids is 1. The van der Waals surface area contributed by atoms with Gasteiger partial charge in [0, 0.05) is 49.3 Å². The zero-order valence-corrected chi connectivity index (χ0v) is 14.6. The van der Waals surface area contributed by atoms with Gasteiger partial charge in [0.15, 0.2) is 5.13 Å². The molecule has 25 heavy (non-hydrogen) atoms. The Morgan fingerprint density at radius 1 is 1.36 bits per heavy atom. The van der Waals surface area contributed by atoms with Gasteiger partial charge in [-0.1, -0.05) is 12.1 Å². The highest BCUT2D eigenvalue weighted by molar-refractivity contribution is 7.14. The van der Waals surface area contributed by atoms with Crippen LogP contribution in [0.3, 0.4) is 0 Å². The van der Waals surface area contributed by atoms with Gasteiger partial charge in [0.2, 0.25) is 0 Å². The van der Waals surface area contributed by atoms with E-state index in [9.17, 15) is 14.9 Å². The molecule has 0 bridgehead atoms. The van der Waals surface area contributed by atoms with Gasteiger partial charge < -0.3 is 14.5 Å². The molecule has 0 atom stereocenters. The van der Waals surface area contributed by atoms with E-state index in [0.29, 0.717) is 32.8 Å². The molecule has 1 aromatic carbocycles. The first kappa shape index (κ1) is 17.2. The second kappa shape index (κ2) is 7.47. The lowest BCUT2D eigenvalue weighted by Crippen LogP contribution is -2.48. The van der Waals surface area contributed by atoms with Crippen molar-refractivity contribution in [1.82, 2.24) is 9.88 Å². The topological polar surface area (TPSA) is 88.8 Å². The number of nitrogens with zero attached hydrogens (tertiary/aromatic N) is 4. The zero-order valence-electron chi connectivity index (χ0n) is 13.8. The fraction of sp³-hybridized carbons (Fsp3) is 0.375. The van der Waals surface area contributed by atoms with E-state index in [4.69, 9.17) is 4.74 Å². The molecule has 1 amide bonds. The quantitative estimate of drug-likeness (QED) is 0.614. The van der Waals surface area contributed by atoms with Crippen molar-refractivity contribution in [1.29, 1.82) is 0 Å². The molecule has 0 saturated carbocycles. The number of amides is 1. The number of carbonyl (C=O) groups is 1. The van der Waals surface area contributed by atoms with Crippen molar-refractivity contribution in [3.05, 3.63) is 39.8 Å². The van der Waals surface area contributed by atoms with Crippen LogP contribution in [0.25, 0.3) is 11.3 Å². The molecule has 8 nitrogen and oxygen atoms in total. The van der Waals surface area contributed by atoms with Gasteiger partial charge in [0.1, 0.15) is 0 Å². The molecule has 2 heterocycles. The molecule has 1 aromatic heterocycles. The van der Waals surface area contributed by atoms with Crippen molar-refractivity contribution in [3.63, 3.8) is 0 Å². The SMILES string of the molecule is CCOC(=O)N1CCN(c2nc(-c3cccc([N+](=O)[O-])c3)cs2)CC1. The normalized spacial score (nSPS) is 14.4. The van der Waals surface area contributed by atoms with Crippen LogP contribution in [0.4, 0.5) is 15.6 Å². The molecule has 0 aliphatic carbocycles. The molecule has 2 aromatic rings. The second-order valence-corrected chi connectivity index (χ2v) is 6.33. The highest BCUT2D eigenvalue weighted by Crippen LogP contribution is 2.29. The fourth-order valence-electron chi connectivity index (χ4n) is 2.62. The first-order chi connectivity index (χ1) is 12.1. The number of non-ortho nitro benzene ring substituents is 1. The Balaban J connectivity index is 1.67. The Labute approximate surface area is 148 Å². The molecule has 9 heteroatoms. The summed E-state index contributed by atoms with van der Waals surface area (Å²) in [6.45, 7) is 4.70. The van der Waals surface area contributed by atoms with E-state index in [0.717, 1.165) is 16.4 Å². The van der Waals surface area contributed by atoms with Gasteiger partial charge in [0.05, 0.1) is 17.2 Å². The summed E-state index contributed by atoms with van der Waals surface area (Å²) in [6, 6.07) is 6.46. The summed E-state index contributed by atoms with van der Waals surface area (Å²) in [5.74, 6) is 0. The third-order valence-electron chi connectivity index (χ3n) is 3.92. The number of aromatic nitrogens is 1. The summed E-state index contributed by atoms with van der Waals surface area (Å²) in [6.07, 6.45) is -0.279. The summed E-state index contributed by atoms with van der Waals surface area (Å²) < 4.78 is 5.02. The molecular formula is C16H18N4O4S. The maximum atomic E-state index is 11.7. The van der Waals surface area contributed by atoms with Crippen molar-refractivity contribution in [2.75, 3.05) is 37.7 Å². The van der Waals surface area contributed by atoms with Crippen molar-refractivity contribution in [2.45, 2.75) is 6.92 Å². The Kier molecular flexibility index (Phi) is 5.13. The largest absolute Gasteiger partial charge is 0.450 e. The number of ether oxygens (including phenoxy) is 1. The van der Waals surface area contributed by atoms with Crippen LogP contribution >= 0.6 is 11.3 Å². The first-order valence-electron chi connectivity index (χ1n) is 7.95. The van der Waals surface area contributed by atoms with Gasteiger partial charge in [-0.25, -0.2) is 9.78 Å². The van der Waals surface area contributed by atoms with Crippen LogP contribution in [0.15, 0.2) is 29.6 Å². The molecule has 1 saturated heterocycles. The van der Waals surface area contributed by atoms with E-state index in [2.05, 4.69) is 9.88 Å². The molecule has 132 valence electrons. The Morgan fingerprint density at radius 2 is 2.12 bits per heavy atom. The number of hydrogen-bond donors (Lipinski definition) is 0. The van der Waals surface area contributed by atoms with Gasteiger partial charge in [-0.05, 0) is 6.92 Å². The van der Waals surface area contributed by atoms with Crippen molar-refractivity contribution in [3.8, 4) is 11.3 Å². The van der Waals surface area contributed by atoms with E-state index in [1.165, 1.54) is 23.5 Å². The lowest BCUT2D eigenvalue weighted by molar-refractivity contribution is -0.384. The highest BCUT2D eigenvalue weighted by Gasteiger charge is 2.23. The minimum Gasteiger partial charge on any atom is -0.450 e. The molecule has 1 aliphatic rings. The molecule has 0 unspecified atom stereocenters. The maximum Gasteiger partial charge on any atom is 0.409 e. The lowest BCUT2D eigenvalue weighted by Gasteiger charge is -2.33. The van der Waals surface area contributed by atoms with E-state index in [-0.39, 0.29) is 11.8 Å². The molecule has 0 spiro atoms. The first-order valence-corrected chi connectivity index (χ1v) is 8.83. The smallest absolute Gasteiger partial charge is 0.409 e. The highest BCUT2D eigenvalue weighted by atomic mass is 32.1. The van der Waals surface area contributed by atoms with Crippen LogP contribution in [0.5, 0.6) is 0 Å². The molecule has 0 N–H and O–H groups in total. The van der Waals surface area contributed by atoms with Crippen LogP contribution < -0.4 is 4.90 Å². The third kappa shape index (κ3) is 3.87. The Morgan fingerprint density at radius 3 is 2.80 bits per heavy atom. The van der Waals surface area contributed by atoms with Crippen LogP contribution in [0.1, 0.15) is 6.92 Å². The van der Waals surface area contributed by atoms with Crippen molar-refractivity contribution < 1.29 is 14.5 Å². The number of benzene rings is 1. The van der Waals surface area contributed by atoms with E-state index in [1.54, 1.807) is 17.9 Å². The van der Waals surface area contributed by atoms with Gasteiger partial charge in [-0.3, -0.25) is 10.1 Å². The van der Waals surface area contributed by atoms with Crippen LogP contribution in [-0.4, -0.2) is 53.7 Å². The number of anilines is 1. The Hall–Kier alpha value is -2.68. The third-order valence-corrected chi connectivity index (χ3v) is 4.82. The number of nitro benzene ring substituents is 1. The van der Waals surface area contributed by atoms with Crippen molar-refractivity contribution >= 4 is 28.2 Å². The molecule has 0 radical (unpaired) electrons. The number of piperazine rings is 1. The zero-order chi connectivity index (χ0) is 17.8. The number of nitro groups is 1. The Bertz CT molecular complexity index is 771. The fourth-order valence-corrected chi connectivity index (χ4v) is 3.50. The summed E-state index contributed by atoms with van der Waals surface area (Å²) in [5, 5.41) is 13.7. The summed E-state index contributed by atoms with van der Waals surface area (Å²) in [7, 11) is 0. The van der Waals surface area contributed by atoms with Crippen molar-refractivity contribution in [2.24, 2.45) is 0 Å². The standard InChI is InChI=1S/C16H18N4O4S/c1-2-24-16(21)19-8-6-18(7-9-19)15-17-14(11-25-15)12-4-3-5-13(10-12)20(22)23/h3-5,10-11H,2,6-9H2,1H3. The molecule has 1 aliphatic heterocycles. The average molecular weight is 362 g/mol. The van der Waals surface area contributed by atoms with Gasteiger partial charge in [0.25, 0.3) is 5.69 Å². The molecular weight excluding hydrogens is 344 g/mol. The maximum absolute atomic E-state index is 11.7. The lowest BCUT2D eigenvalue weighted by atomic mass is 10.1. The van der Waals surface area contributed by atoms with Gasteiger partial charge in [-0.15, -0.1) is 11.3 Å².